The topological polar surface area (TPSA) is 120 Å². The summed E-state index contributed by atoms with van der Waals surface area (Å²) in [6.07, 6.45) is 3.55. The highest BCUT2D eigenvalue weighted by molar-refractivity contribution is 6.06. The van der Waals surface area contributed by atoms with Crippen molar-refractivity contribution >= 4 is 40.9 Å². The molecule has 0 unspecified atom stereocenters. The number of hydrogen-bond donors (Lipinski definition) is 3. The SMILES string of the molecule is COc1ccc(NC(=O)c2cccc(-c3nn([C@@H]4CCCNC4)c4ncnc(N)c34)c2)cc1.Cl. The highest BCUT2D eigenvalue weighted by Crippen LogP contribution is 2.33. The molecule has 0 saturated carbocycles. The van der Waals surface area contributed by atoms with Gasteiger partial charge in [-0.25, -0.2) is 14.6 Å². The number of carbonyl (C=O) groups excluding carboxylic acids is 1. The molecule has 2 aromatic heterocycles. The summed E-state index contributed by atoms with van der Waals surface area (Å²) in [4.78, 5) is 21.6. The van der Waals surface area contributed by atoms with Crippen molar-refractivity contribution in [3.63, 3.8) is 0 Å². The smallest absolute Gasteiger partial charge is 0.255 e. The van der Waals surface area contributed by atoms with Crippen LogP contribution in [-0.4, -0.2) is 45.9 Å². The van der Waals surface area contributed by atoms with Gasteiger partial charge in [0.2, 0.25) is 0 Å². The normalized spacial score (nSPS) is 15.5. The number of carbonyl (C=O) groups is 1. The molecule has 1 aliphatic rings. The van der Waals surface area contributed by atoms with Crippen LogP contribution in [0, 0.1) is 0 Å². The lowest BCUT2D eigenvalue weighted by molar-refractivity contribution is 0.102. The van der Waals surface area contributed by atoms with E-state index >= 15 is 0 Å². The summed E-state index contributed by atoms with van der Waals surface area (Å²) >= 11 is 0. The third kappa shape index (κ3) is 4.52. The van der Waals surface area contributed by atoms with Crippen molar-refractivity contribution in [2.75, 3.05) is 31.2 Å². The first kappa shape index (κ1) is 23.5. The van der Waals surface area contributed by atoms with Crippen LogP contribution in [0.25, 0.3) is 22.3 Å². The number of aromatic nitrogens is 4. The number of nitrogens with two attached hydrogens (primary N) is 1. The minimum atomic E-state index is -0.216. The molecule has 3 heterocycles. The van der Waals surface area contributed by atoms with Crippen molar-refractivity contribution in [1.82, 2.24) is 25.1 Å². The average molecular weight is 480 g/mol. The van der Waals surface area contributed by atoms with E-state index in [0.29, 0.717) is 33.8 Å². The van der Waals surface area contributed by atoms with Gasteiger partial charge in [0, 0.05) is 23.4 Å². The standard InChI is InChI=1S/C24H25N7O2.ClH/c1-33-19-9-7-17(8-10-19)29-24(32)16-5-2-4-15(12-16)21-20-22(25)27-14-28-23(20)31(30-21)18-6-3-11-26-13-18;/h2,4-5,7-10,12,14,18,26H,3,6,11,13H2,1H3,(H,29,32)(H2,25,27,28);1H/t18-;/m1./s1. The van der Waals surface area contributed by atoms with Crippen LogP contribution in [0.1, 0.15) is 29.2 Å². The van der Waals surface area contributed by atoms with Crippen molar-refractivity contribution in [1.29, 1.82) is 0 Å². The number of rotatable bonds is 5. The largest absolute Gasteiger partial charge is 0.497 e. The van der Waals surface area contributed by atoms with E-state index in [1.165, 1.54) is 6.33 Å². The summed E-state index contributed by atoms with van der Waals surface area (Å²) < 4.78 is 7.11. The van der Waals surface area contributed by atoms with Gasteiger partial charge in [-0.3, -0.25) is 4.79 Å². The van der Waals surface area contributed by atoms with E-state index in [2.05, 4.69) is 20.6 Å². The number of ether oxygens (including phenoxy) is 1. The molecule has 1 amide bonds. The zero-order valence-electron chi connectivity index (χ0n) is 18.7. The molecule has 1 saturated heterocycles. The van der Waals surface area contributed by atoms with E-state index in [-0.39, 0.29) is 24.4 Å². The second kappa shape index (κ2) is 10.1. The number of nitrogens with zero attached hydrogens (tertiary/aromatic N) is 4. The number of halogens is 1. The van der Waals surface area contributed by atoms with Gasteiger partial charge in [-0.15, -0.1) is 12.4 Å². The van der Waals surface area contributed by atoms with Crippen LogP contribution in [0.2, 0.25) is 0 Å². The molecule has 34 heavy (non-hydrogen) atoms. The molecule has 176 valence electrons. The highest BCUT2D eigenvalue weighted by Gasteiger charge is 2.24. The molecule has 10 heteroatoms. The maximum atomic E-state index is 12.9. The third-order valence-corrected chi connectivity index (χ3v) is 5.88. The molecular formula is C24H26ClN7O2. The molecule has 0 radical (unpaired) electrons. The molecule has 1 fully saturated rings. The van der Waals surface area contributed by atoms with Crippen LogP contribution in [-0.2, 0) is 0 Å². The molecule has 5 rings (SSSR count). The van der Waals surface area contributed by atoms with Gasteiger partial charge in [0.25, 0.3) is 5.91 Å². The number of piperidine rings is 1. The Morgan fingerprint density at radius 2 is 2.03 bits per heavy atom. The summed E-state index contributed by atoms with van der Waals surface area (Å²) in [5.41, 5.74) is 9.61. The van der Waals surface area contributed by atoms with Gasteiger partial charge in [-0.2, -0.15) is 5.10 Å². The van der Waals surface area contributed by atoms with E-state index in [0.717, 1.165) is 37.2 Å². The Morgan fingerprint density at radius 3 is 2.76 bits per heavy atom. The lowest BCUT2D eigenvalue weighted by atomic mass is 10.1. The maximum Gasteiger partial charge on any atom is 0.255 e. The molecule has 0 spiro atoms. The average Bonchev–Trinajstić information content (AvgIpc) is 3.26. The van der Waals surface area contributed by atoms with Gasteiger partial charge in [-0.05, 0) is 55.8 Å². The summed E-state index contributed by atoms with van der Waals surface area (Å²) in [6, 6.07) is 14.7. The Kier molecular flexibility index (Phi) is 6.95. The Bertz CT molecular complexity index is 1300. The minimum absolute atomic E-state index is 0. The van der Waals surface area contributed by atoms with Crippen molar-refractivity contribution in [3.8, 4) is 17.0 Å². The first-order valence-electron chi connectivity index (χ1n) is 10.9. The Morgan fingerprint density at radius 1 is 1.21 bits per heavy atom. The third-order valence-electron chi connectivity index (χ3n) is 5.88. The number of anilines is 2. The number of benzene rings is 2. The second-order valence-corrected chi connectivity index (χ2v) is 8.01. The molecule has 0 bridgehead atoms. The van der Waals surface area contributed by atoms with Gasteiger partial charge in [0.1, 0.15) is 23.6 Å². The number of nitrogens with one attached hydrogen (secondary N) is 2. The first-order valence-corrected chi connectivity index (χ1v) is 10.9. The van der Waals surface area contributed by atoms with Gasteiger partial charge < -0.3 is 21.1 Å². The molecule has 9 nitrogen and oxygen atoms in total. The lowest BCUT2D eigenvalue weighted by Gasteiger charge is -2.23. The monoisotopic (exact) mass is 479 g/mol. The quantitative estimate of drug-likeness (QED) is 0.399. The van der Waals surface area contributed by atoms with Crippen molar-refractivity contribution in [3.05, 3.63) is 60.4 Å². The van der Waals surface area contributed by atoms with Crippen molar-refractivity contribution in [2.24, 2.45) is 0 Å². The molecule has 4 aromatic rings. The van der Waals surface area contributed by atoms with Crippen LogP contribution in [0.4, 0.5) is 11.5 Å². The molecule has 1 atom stereocenters. The first-order chi connectivity index (χ1) is 16.1. The molecule has 0 aliphatic carbocycles. The number of methoxy groups -OCH3 is 1. The van der Waals surface area contributed by atoms with Crippen molar-refractivity contribution < 1.29 is 9.53 Å². The van der Waals surface area contributed by atoms with Gasteiger partial charge in [0.05, 0.1) is 18.5 Å². The Balaban J connectivity index is 0.00000274. The Hall–Kier alpha value is -3.69. The van der Waals surface area contributed by atoms with Crippen LogP contribution in [0.5, 0.6) is 5.75 Å². The number of hydrogen-bond acceptors (Lipinski definition) is 7. The van der Waals surface area contributed by atoms with E-state index in [1.807, 2.05) is 22.9 Å². The number of fused-ring (bicyclic) bond motifs is 1. The summed E-state index contributed by atoms with van der Waals surface area (Å²) in [7, 11) is 1.60. The van der Waals surface area contributed by atoms with E-state index in [4.69, 9.17) is 15.6 Å². The van der Waals surface area contributed by atoms with Crippen LogP contribution in [0.15, 0.2) is 54.9 Å². The minimum Gasteiger partial charge on any atom is -0.497 e. The molecular weight excluding hydrogens is 454 g/mol. The maximum absolute atomic E-state index is 12.9. The zero-order valence-corrected chi connectivity index (χ0v) is 19.5. The predicted octanol–water partition coefficient (Wildman–Crippen LogP) is 3.68. The summed E-state index contributed by atoms with van der Waals surface area (Å²) in [6.45, 7) is 1.83. The fourth-order valence-electron chi connectivity index (χ4n) is 4.18. The van der Waals surface area contributed by atoms with Gasteiger partial charge >= 0.3 is 0 Å². The van der Waals surface area contributed by atoms with E-state index in [1.54, 1.807) is 37.4 Å². The van der Waals surface area contributed by atoms with Crippen LogP contribution < -0.4 is 21.1 Å². The fourth-order valence-corrected chi connectivity index (χ4v) is 4.18. The lowest BCUT2D eigenvalue weighted by Crippen LogP contribution is -2.32. The van der Waals surface area contributed by atoms with Crippen molar-refractivity contribution in [2.45, 2.75) is 18.9 Å². The van der Waals surface area contributed by atoms with E-state index < -0.39 is 0 Å². The molecule has 2 aromatic carbocycles. The molecule has 1 aliphatic heterocycles. The summed E-state index contributed by atoms with van der Waals surface area (Å²) in [5, 5.41) is 11.9. The Labute approximate surface area is 203 Å². The second-order valence-electron chi connectivity index (χ2n) is 8.01. The summed E-state index contributed by atoms with van der Waals surface area (Å²) in [5.74, 6) is 0.884. The van der Waals surface area contributed by atoms with Crippen LogP contribution >= 0.6 is 12.4 Å². The molecule has 4 N–H and O–H groups in total. The highest BCUT2D eigenvalue weighted by atomic mass is 35.5. The predicted molar refractivity (Wildman–Crippen MR) is 135 cm³/mol. The van der Waals surface area contributed by atoms with E-state index in [9.17, 15) is 4.79 Å². The zero-order chi connectivity index (χ0) is 22.8. The number of nitrogen functional groups attached to an aromatic ring is 1. The van der Waals surface area contributed by atoms with Gasteiger partial charge in [-0.1, -0.05) is 12.1 Å². The van der Waals surface area contributed by atoms with Crippen LogP contribution in [0.3, 0.4) is 0 Å². The number of amides is 1. The fraction of sp³-hybridized carbons (Fsp3) is 0.250. The van der Waals surface area contributed by atoms with Gasteiger partial charge in [0.15, 0.2) is 5.65 Å².